The predicted octanol–water partition coefficient (Wildman–Crippen LogP) is 3.71. The van der Waals surface area contributed by atoms with Gasteiger partial charge >= 0.3 is 5.97 Å². The number of halogens is 1. The molecule has 2 aromatic rings. The van der Waals surface area contributed by atoms with Crippen LogP contribution in [0, 0.1) is 0 Å². The van der Waals surface area contributed by atoms with Crippen LogP contribution in [0.15, 0.2) is 47.1 Å². The first-order valence-corrected chi connectivity index (χ1v) is 8.02. The highest BCUT2D eigenvalue weighted by atomic mass is 35.5. The molecule has 0 atom stereocenters. The van der Waals surface area contributed by atoms with Gasteiger partial charge in [0.1, 0.15) is 5.75 Å². The summed E-state index contributed by atoms with van der Waals surface area (Å²) in [5.74, 6) is 1.34. The lowest BCUT2D eigenvalue weighted by molar-refractivity contribution is -0.129. The van der Waals surface area contributed by atoms with Gasteiger partial charge in [0.25, 0.3) is 0 Å². The Hall–Kier alpha value is -2.99. The van der Waals surface area contributed by atoms with Crippen molar-refractivity contribution in [3.63, 3.8) is 0 Å². The molecular formula is C19H16ClNO5. The van der Waals surface area contributed by atoms with Crippen LogP contribution in [-0.2, 0) is 9.53 Å². The fourth-order valence-corrected chi connectivity index (χ4v) is 2.67. The molecule has 0 bridgehead atoms. The van der Waals surface area contributed by atoms with Crippen molar-refractivity contribution in [3.8, 4) is 17.2 Å². The molecule has 134 valence electrons. The van der Waals surface area contributed by atoms with Crippen LogP contribution in [0.25, 0.3) is 6.08 Å². The first kappa shape index (κ1) is 17.8. The summed E-state index contributed by atoms with van der Waals surface area (Å²) in [6, 6.07) is 10.3. The molecule has 0 spiro atoms. The largest absolute Gasteiger partial charge is 0.497 e. The second kappa shape index (κ2) is 7.49. The summed E-state index contributed by atoms with van der Waals surface area (Å²) < 4.78 is 20.8. The van der Waals surface area contributed by atoms with Gasteiger partial charge in [-0.2, -0.15) is 0 Å². The fourth-order valence-electron chi connectivity index (χ4n) is 2.42. The smallest absolute Gasteiger partial charge is 0.363 e. The van der Waals surface area contributed by atoms with Crippen molar-refractivity contribution in [3.05, 3.63) is 58.2 Å². The van der Waals surface area contributed by atoms with Crippen LogP contribution in [0.2, 0.25) is 5.02 Å². The maximum atomic E-state index is 12.1. The molecule has 0 radical (unpaired) electrons. The van der Waals surface area contributed by atoms with Crippen molar-refractivity contribution in [2.45, 2.75) is 0 Å². The van der Waals surface area contributed by atoms with Gasteiger partial charge in [0.2, 0.25) is 5.90 Å². The minimum absolute atomic E-state index is 0.148. The van der Waals surface area contributed by atoms with Crippen LogP contribution in [0.4, 0.5) is 0 Å². The van der Waals surface area contributed by atoms with Crippen molar-refractivity contribution in [1.82, 2.24) is 0 Å². The van der Waals surface area contributed by atoms with Crippen LogP contribution in [0.5, 0.6) is 17.2 Å². The van der Waals surface area contributed by atoms with E-state index >= 15 is 0 Å². The monoisotopic (exact) mass is 373 g/mol. The van der Waals surface area contributed by atoms with E-state index in [4.69, 9.17) is 30.5 Å². The van der Waals surface area contributed by atoms with Crippen molar-refractivity contribution in [1.29, 1.82) is 0 Å². The van der Waals surface area contributed by atoms with Crippen LogP contribution in [0.3, 0.4) is 0 Å². The van der Waals surface area contributed by atoms with Gasteiger partial charge in [-0.05, 0) is 42.0 Å². The molecule has 1 heterocycles. The summed E-state index contributed by atoms with van der Waals surface area (Å²) in [6.07, 6.45) is 1.61. The third-order valence-corrected chi connectivity index (χ3v) is 4.05. The van der Waals surface area contributed by atoms with E-state index in [1.54, 1.807) is 63.8 Å². The maximum Gasteiger partial charge on any atom is 0.363 e. The Labute approximate surface area is 155 Å². The van der Waals surface area contributed by atoms with E-state index in [-0.39, 0.29) is 11.6 Å². The van der Waals surface area contributed by atoms with E-state index in [1.807, 2.05) is 0 Å². The Morgan fingerprint density at radius 1 is 1.00 bits per heavy atom. The van der Waals surface area contributed by atoms with Gasteiger partial charge in [-0.1, -0.05) is 17.7 Å². The minimum Gasteiger partial charge on any atom is -0.497 e. The number of rotatable bonds is 5. The summed E-state index contributed by atoms with van der Waals surface area (Å²) >= 11 is 6.21. The first-order chi connectivity index (χ1) is 12.5. The predicted molar refractivity (Wildman–Crippen MR) is 98.2 cm³/mol. The molecule has 3 rings (SSSR count). The highest BCUT2D eigenvalue weighted by molar-refractivity contribution is 6.34. The van der Waals surface area contributed by atoms with Crippen LogP contribution >= 0.6 is 11.6 Å². The van der Waals surface area contributed by atoms with E-state index in [9.17, 15) is 4.79 Å². The number of nitrogens with zero attached hydrogens (tertiary/aromatic N) is 1. The van der Waals surface area contributed by atoms with E-state index in [0.29, 0.717) is 27.8 Å². The molecule has 6 nitrogen and oxygen atoms in total. The first-order valence-electron chi connectivity index (χ1n) is 7.64. The lowest BCUT2D eigenvalue weighted by Gasteiger charge is -2.07. The number of cyclic esters (lactones) is 1. The number of benzene rings is 2. The highest BCUT2D eigenvalue weighted by Crippen LogP contribution is 2.30. The summed E-state index contributed by atoms with van der Waals surface area (Å²) in [5, 5.41) is 0.378. The maximum absolute atomic E-state index is 12.1. The Morgan fingerprint density at radius 2 is 1.77 bits per heavy atom. The zero-order valence-corrected chi connectivity index (χ0v) is 15.2. The third kappa shape index (κ3) is 3.50. The van der Waals surface area contributed by atoms with Gasteiger partial charge in [0, 0.05) is 0 Å². The Bertz CT molecular complexity index is 920. The molecule has 0 fully saturated rings. The summed E-state index contributed by atoms with van der Waals surface area (Å²) in [4.78, 5) is 16.4. The number of hydrogen-bond donors (Lipinski definition) is 0. The second-order valence-corrected chi connectivity index (χ2v) is 5.70. The fraction of sp³-hybridized carbons (Fsp3) is 0.158. The molecule has 1 aliphatic rings. The number of aliphatic imine (C=N–C) groups is 1. The molecule has 7 heteroatoms. The zero-order chi connectivity index (χ0) is 18.7. The van der Waals surface area contributed by atoms with Gasteiger partial charge in [0.15, 0.2) is 17.2 Å². The molecule has 0 aliphatic carbocycles. The summed E-state index contributed by atoms with van der Waals surface area (Å²) in [7, 11) is 4.64. The second-order valence-electron chi connectivity index (χ2n) is 5.30. The molecule has 2 aromatic carbocycles. The average Bonchev–Trinajstić information content (AvgIpc) is 3.01. The van der Waals surface area contributed by atoms with Crippen molar-refractivity contribution >= 4 is 29.5 Å². The molecule has 0 aromatic heterocycles. The van der Waals surface area contributed by atoms with Crippen molar-refractivity contribution < 1.29 is 23.7 Å². The van der Waals surface area contributed by atoms with Gasteiger partial charge < -0.3 is 18.9 Å². The van der Waals surface area contributed by atoms with E-state index in [2.05, 4.69) is 4.99 Å². The van der Waals surface area contributed by atoms with E-state index in [1.165, 1.54) is 0 Å². The molecule has 0 N–H and O–H groups in total. The van der Waals surface area contributed by atoms with Crippen LogP contribution in [0.1, 0.15) is 11.1 Å². The normalized spacial score (nSPS) is 14.8. The number of esters is 1. The molecule has 0 unspecified atom stereocenters. The average molecular weight is 374 g/mol. The lowest BCUT2D eigenvalue weighted by atomic mass is 10.1. The Balaban J connectivity index is 1.94. The SMILES string of the molecule is COc1ccc(C2=N/C(=C\c3ccc(OC)c(OC)c3)C(=O)O2)c(Cl)c1. The number of carbonyl (C=O) groups is 1. The Kier molecular flexibility index (Phi) is 5.14. The number of carbonyl (C=O) groups excluding carboxylic acids is 1. The highest BCUT2D eigenvalue weighted by Gasteiger charge is 2.26. The molecule has 0 amide bonds. The summed E-state index contributed by atoms with van der Waals surface area (Å²) in [6.45, 7) is 0. The molecule has 1 aliphatic heterocycles. The van der Waals surface area contributed by atoms with Crippen molar-refractivity contribution in [2.75, 3.05) is 21.3 Å². The molecular weight excluding hydrogens is 358 g/mol. The van der Waals surface area contributed by atoms with Gasteiger partial charge in [-0.15, -0.1) is 0 Å². The lowest BCUT2D eigenvalue weighted by Crippen LogP contribution is -2.06. The van der Waals surface area contributed by atoms with Gasteiger partial charge in [-0.3, -0.25) is 0 Å². The Morgan fingerprint density at radius 3 is 2.42 bits per heavy atom. The number of ether oxygens (including phenoxy) is 4. The summed E-state index contributed by atoms with van der Waals surface area (Å²) in [5.41, 5.74) is 1.40. The molecule has 0 saturated carbocycles. The number of hydrogen-bond acceptors (Lipinski definition) is 6. The van der Waals surface area contributed by atoms with Gasteiger partial charge in [0.05, 0.1) is 31.9 Å². The quantitative estimate of drug-likeness (QED) is 0.590. The van der Waals surface area contributed by atoms with Gasteiger partial charge in [-0.25, -0.2) is 9.79 Å². The van der Waals surface area contributed by atoms with Crippen LogP contribution in [-0.4, -0.2) is 33.2 Å². The van der Waals surface area contributed by atoms with Crippen LogP contribution < -0.4 is 14.2 Å². The van der Waals surface area contributed by atoms with E-state index in [0.717, 1.165) is 5.56 Å². The molecule has 0 saturated heterocycles. The van der Waals surface area contributed by atoms with Crippen molar-refractivity contribution in [2.24, 2.45) is 4.99 Å². The topological polar surface area (TPSA) is 66.3 Å². The van der Waals surface area contributed by atoms with E-state index < -0.39 is 5.97 Å². The minimum atomic E-state index is -0.554. The standard InChI is InChI=1S/C19H16ClNO5/c1-23-12-5-6-13(14(20)10-12)18-21-15(19(22)26-18)8-11-4-7-16(24-2)17(9-11)25-3/h4-10H,1-3H3/b15-8-. The zero-order valence-electron chi connectivity index (χ0n) is 14.4. The third-order valence-electron chi connectivity index (χ3n) is 3.74. The molecule has 26 heavy (non-hydrogen) atoms. The number of methoxy groups -OCH3 is 3.